The van der Waals surface area contributed by atoms with E-state index in [1.165, 1.54) is 52.0 Å². The van der Waals surface area contributed by atoms with E-state index in [-0.39, 0.29) is 0 Å². The van der Waals surface area contributed by atoms with E-state index in [1.54, 1.807) is 5.70 Å². The Labute approximate surface area is 109 Å². The maximum Gasteiger partial charge on any atom is 0.101 e. The second-order valence-electron chi connectivity index (χ2n) is 6.13. The van der Waals surface area contributed by atoms with E-state index < -0.39 is 0 Å². The molecule has 3 atom stereocenters. The molecule has 0 radical (unpaired) electrons. The molecule has 0 aromatic rings. The lowest BCUT2D eigenvalue weighted by Crippen LogP contribution is -2.61. The zero-order chi connectivity index (χ0) is 11.9. The second kappa shape index (κ2) is 4.51. The van der Waals surface area contributed by atoms with Crippen molar-refractivity contribution in [2.45, 2.75) is 31.5 Å². The number of piperidine rings is 1. The van der Waals surface area contributed by atoms with Crippen LogP contribution in [0.25, 0.3) is 0 Å². The third kappa shape index (κ3) is 1.70. The first-order valence-electron chi connectivity index (χ1n) is 7.58. The van der Waals surface area contributed by atoms with Crippen molar-refractivity contribution in [3.8, 4) is 0 Å². The smallest absolute Gasteiger partial charge is 0.101 e. The minimum atomic E-state index is 0.494. The van der Waals surface area contributed by atoms with Crippen LogP contribution in [-0.4, -0.2) is 61.3 Å². The molecule has 3 saturated heterocycles. The van der Waals surface area contributed by atoms with Gasteiger partial charge in [0.15, 0.2) is 0 Å². The van der Waals surface area contributed by atoms with Crippen molar-refractivity contribution in [2.75, 3.05) is 39.3 Å². The molecule has 4 heterocycles. The van der Waals surface area contributed by atoms with E-state index in [9.17, 15) is 0 Å². The molecule has 0 aromatic carbocycles. The van der Waals surface area contributed by atoms with E-state index in [0.29, 0.717) is 6.17 Å². The number of nitrogens with one attached hydrogen (secondary N) is 2. The van der Waals surface area contributed by atoms with Crippen LogP contribution in [0, 0.1) is 5.92 Å². The Balaban J connectivity index is 1.57. The highest BCUT2D eigenvalue weighted by Gasteiger charge is 2.41. The zero-order valence-corrected chi connectivity index (χ0v) is 11.1. The van der Waals surface area contributed by atoms with Gasteiger partial charge in [-0.1, -0.05) is 6.08 Å². The first-order valence-corrected chi connectivity index (χ1v) is 7.58. The summed E-state index contributed by atoms with van der Waals surface area (Å²) in [6.45, 7) is 7.28. The Morgan fingerprint density at radius 2 is 2.17 bits per heavy atom. The first-order chi connectivity index (χ1) is 8.93. The average molecular weight is 248 g/mol. The van der Waals surface area contributed by atoms with Gasteiger partial charge >= 0.3 is 0 Å². The van der Waals surface area contributed by atoms with Gasteiger partial charge in [0.05, 0.1) is 0 Å². The molecule has 2 N–H and O–H groups in total. The van der Waals surface area contributed by atoms with Crippen molar-refractivity contribution in [1.82, 2.24) is 20.4 Å². The molecule has 18 heavy (non-hydrogen) atoms. The van der Waals surface area contributed by atoms with Gasteiger partial charge in [-0.2, -0.15) is 0 Å². The fraction of sp³-hybridized carbons (Fsp3) is 0.857. The molecule has 0 bridgehead atoms. The lowest BCUT2D eigenvalue weighted by molar-refractivity contribution is 0.0520. The molecule has 0 aromatic heterocycles. The number of rotatable bonds is 1. The summed E-state index contributed by atoms with van der Waals surface area (Å²) in [6, 6.07) is 0.762. The van der Waals surface area contributed by atoms with Crippen LogP contribution in [0.4, 0.5) is 0 Å². The van der Waals surface area contributed by atoms with Crippen LogP contribution in [-0.2, 0) is 0 Å². The van der Waals surface area contributed by atoms with Crippen LogP contribution in [0.5, 0.6) is 0 Å². The molecule has 3 fully saturated rings. The van der Waals surface area contributed by atoms with Crippen LogP contribution < -0.4 is 10.6 Å². The molecule has 4 rings (SSSR count). The number of fused-ring (bicyclic) bond motifs is 2. The Morgan fingerprint density at radius 1 is 1.17 bits per heavy atom. The minimum absolute atomic E-state index is 0.494. The summed E-state index contributed by atoms with van der Waals surface area (Å²) in [5.41, 5.74) is 1.56. The van der Waals surface area contributed by atoms with E-state index in [2.05, 4.69) is 26.5 Å². The Hall–Kier alpha value is -0.580. The zero-order valence-electron chi connectivity index (χ0n) is 11.1. The van der Waals surface area contributed by atoms with Gasteiger partial charge in [0, 0.05) is 44.5 Å². The molecule has 4 heteroatoms. The van der Waals surface area contributed by atoms with Gasteiger partial charge in [-0.05, 0) is 31.7 Å². The predicted molar refractivity (Wildman–Crippen MR) is 72.2 cm³/mol. The van der Waals surface area contributed by atoms with Crippen LogP contribution in [0.2, 0.25) is 0 Å². The molecule has 1 unspecified atom stereocenters. The van der Waals surface area contributed by atoms with Crippen LogP contribution in [0.1, 0.15) is 19.3 Å². The normalized spacial score (nSPS) is 40.6. The summed E-state index contributed by atoms with van der Waals surface area (Å²) in [4.78, 5) is 5.34. The van der Waals surface area contributed by atoms with Gasteiger partial charge < -0.3 is 10.2 Å². The van der Waals surface area contributed by atoms with Crippen LogP contribution >= 0.6 is 0 Å². The molecule has 4 aliphatic heterocycles. The molecule has 4 nitrogen and oxygen atoms in total. The average Bonchev–Trinajstić information content (AvgIpc) is 3.06. The first kappa shape index (κ1) is 11.3. The summed E-state index contributed by atoms with van der Waals surface area (Å²) in [6.07, 6.45) is 6.99. The van der Waals surface area contributed by atoms with Crippen molar-refractivity contribution < 1.29 is 0 Å². The molecule has 100 valence electrons. The molecular formula is C14H24N4. The third-order valence-corrected chi connectivity index (χ3v) is 5.17. The molecule has 0 spiro atoms. The van der Waals surface area contributed by atoms with E-state index in [0.717, 1.165) is 18.5 Å². The fourth-order valence-corrected chi connectivity index (χ4v) is 4.30. The highest BCUT2D eigenvalue weighted by Crippen LogP contribution is 2.32. The van der Waals surface area contributed by atoms with E-state index >= 15 is 0 Å². The van der Waals surface area contributed by atoms with Gasteiger partial charge in [0.25, 0.3) is 0 Å². The maximum atomic E-state index is 3.76. The highest BCUT2D eigenvalue weighted by atomic mass is 15.4. The quantitative estimate of drug-likeness (QED) is 0.693. The van der Waals surface area contributed by atoms with Crippen LogP contribution in [0.15, 0.2) is 11.8 Å². The molecule has 0 amide bonds. The molecule has 0 saturated carbocycles. The lowest BCUT2D eigenvalue weighted by Gasteiger charge is -2.47. The molecular weight excluding hydrogens is 224 g/mol. The summed E-state index contributed by atoms with van der Waals surface area (Å²) in [5, 5.41) is 7.35. The Bertz CT molecular complexity index is 354. The van der Waals surface area contributed by atoms with Gasteiger partial charge in [0.1, 0.15) is 6.17 Å². The number of nitrogens with zero attached hydrogens (tertiary/aromatic N) is 2. The summed E-state index contributed by atoms with van der Waals surface area (Å²) >= 11 is 0. The van der Waals surface area contributed by atoms with Gasteiger partial charge in [-0.25, -0.2) is 0 Å². The highest BCUT2D eigenvalue weighted by molar-refractivity contribution is 5.18. The van der Waals surface area contributed by atoms with Crippen molar-refractivity contribution in [1.29, 1.82) is 0 Å². The topological polar surface area (TPSA) is 30.5 Å². The van der Waals surface area contributed by atoms with Gasteiger partial charge in [-0.3, -0.25) is 10.2 Å². The molecule has 0 aliphatic carbocycles. The maximum absolute atomic E-state index is 3.76. The fourth-order valence-electron chi connectivity index (χ4n) is 4.30. The monoisotopic (exact) mass is 248 g/mol. The van der Waals surface area contributed by atoms with Crippen LogP contribution in [0.3, 0.4) is 0 Å². The van der Waals surface area contributed by atoms with Crippen molar-refractivity contribution in [3.63, 3.8) is 0 Å². The van der Waals surface area contributed by atoms with Gasteiger partial charge in [-0.15, -0.1) is 0 Å². The third-order valence-electron chi connectivity index (χ3n) is 5.17. The second-order valence-corrected chi connectivity index (χ2v) is 6.13. The number of likely N-dealkylation sites (tertiary alicyclic amines) is 1. The SMILES string of the molecule is C1=C2C(N3CCC[C@H]4CNC[C@H]43)NCCN2CC1. The standard InChI is InChI=1S/C14H24N4/c1-3-11-9-15-10-13(11)18(7-1)14-12-4-2-6-17(12)8-5-16-14/h4,11,13-16H,1-3,5-10H2/t11-,13+,14?/m0/s1. The summed E-state index contributed by atoms with van der Waals surface area (Å²) < 4.78 is 0. The molecule has 4 aliphatic rings. The Kier molecular flexibility index (Phi) is 2.82. The predicted octanol–water partition coefficient (Wildman–Crippen LogP) is 0.189. The van der Waals surface area contributed by atoms with Crippen molar-refractivity contribution in [3.05, 3.63) is 11.8 Å². The number of hydrogen-bond donors (Lipinski definition) is 2. The van der Waals surface area contributed by atoms with E-state index in [4.69, 9.17) is 0 Å². The minimum Gasteiger partial charge on any atom is -0.371 e. The van der Waals surface area contributed by atoms with Gasteiger partial charge in [0.2, 0.25) is 0 Å². The number of hydrogen-bond acceptors (Lipinski definition) is 4. The van der Waals surface area contributed by atoms with Crippen molar-refractivity contribution in [2.24, 2.45) is 5.92 Å². The Morgan fingerprint density at radius 3 is 3.17 bits per heavy atom. The van der Waals surface area contributed by atoms with Crippen molar-refractivity contribution >= 4 is 0 Å². The summed E-state index contributed by atoms with van der Waals surface area (Å²) in [5.74, 6) is 0.887. The summed E-state index contributed by atoms with van der Waals surface area (Å²) in [7, 11) is 0. The van der Waals surface area contributed by atoms with E-state index in [1.807, 2.05) is 0 Å². The largest absolute Gasteiger partial charge is 0.371 e. The number of piperazine rings is 1. The lowest BCUT2D eigenvalue weighted by atomic mass is 9.91.